The van der Waals surface area contributed by atoms with Crippen LogP contribution in [0.15, 0.2) is 30.5 Å². The molecule has 0 aliphatic carbocycles. The van der Waals surface area contributed by atoms with E-state index < -0.39 is 0 Å². The molecule has 0 spiro atoms. The Morgan fingerprint density at radius 1 is 1.29 bits per heavy atom. The normalized spacial score (nSPS) is 17.1. The molecule has 110 valence electrons. The first-order valence-corrected chi connectivity index (χ1v) is 7.02. The minimum Gasteiger partial charge on any atom is -0.497 e. The number of esters is 1. The molecule has 2 aromatic rings. The SMILES string of the molecule is COC(=O)C1CCCn2c1cnc2-c1ccc(OC)cc1. The molecule has 1 atom stereocenters. The average Bonchev–Trinajstić information content (AvgIpc) is 2.98. The van der Waals surface area contributed by atoms with E-state index in [0.29, 0.717) is 0 Å². The van der Waals surface area contributed by atoms with Crippen LogP contribution in [-0.4, -0.2) is 29.7 Å². The standard InChI is InChI=1S/C16H18N2O3/c1-20-12-7-5-11(6-8-12)15-17-10-14-13(16(19)21-2)4-3-9-18(14)15/h5-8,10,13H,3-4,9H2,1-2H3. The van der Waals surface area contributed by atoms with Crippen molar-refractivity contribution in [2.75, 3.05) is 14.2 Å². The van der Waals surface area contributed by atoms with Gasteiger partial charge in [0.2, 0.25) is 0 Å². The van der Waals surface area contributed by atoms with E-state index in [2.05, 4.69) is 9.55 Å². The van der Waals surface area contributed by atoms with Gasteiger partial charge in [-0.1, -0.05) is 0 Å². The van der Waals surface area contributed by atoms with Gasteiger partial charge in [0.1, 0.15) is 11.6 Å². The lowest BCUT2D eigenvalue weighted by Gasteiger charge is -2.23. The molecule has 0 N–H and O–H groups in total. The van der Waals surface area contributed by atoms with Crippen molar-refractivity contribution in [1.29, 1.82) is 0 Å². The van der Waals surface area contributed by atoms with Gasteiger partial charge in [-0.2, -0.15) is 0 Å². The molecule has 1 unspecified atom stereocenters. The monoisotopic (exact) mass is 286 g/mol. The second kappa shape index (κ2) is 5.60. The Morgan fingerprint density at radius 3 is 2.71 bits per heavy atom. The maximum Gasteiger partial charge on any atom is 0.314 e. The molecule has 3 rings (SSSR count). The highest BCUT2D eigenvalue weighted by atomic mass is 16.5. The van der Waals surface area contributed by atoms with Crippen LogP contribution in [0.3, 0.4) is 0 Å². The summed E-state index contributed by atoms with van der Waals surface area (Å²) in [5.74, 6) is 1.32. The van der Waals surface area contributed by atoms with Gasteiger partial charge in [0.05, 0.1) is 25.8 Å². The van der Waals surface area contributed by atoms with E-state index in [4.69, 9.17) is 9.47 Å². The van der Waals surface area contributed by atoms with Crippen LogP contribution in [0.25, 0.3) is 11.4 Å². The van der Waals surface area contributed by atoms with Gasteiger partial charge in [-0.3, -0.25) is 4.79 Å². The van der Waals surface area contributed by atoms with Gasteiger partial charge in [-0.15, -0.1) is 0 Å². The predicted octanol–water partition coefficient (Wildman–Crippen LogP) is 2.61. The van der Waals surface area contributed by atoms with Gasteiger partial charge in [0, 0.05) is 18.3 Å². The lowest BCUT2D eigenvalue weighted by Crippen LogP contribution is -2.23. The number of hydrogen-bond acceptors (Lipinski definition) is 4. The van der Waals surface area contributed by atoms with E-state index in [0.717, 1.165) is 42.2 Å². The van der Waals surface area contributed by atoms with Crippen molar-refractivity contribution in [3.8, 4) is 17.1 Å². The van der Waals surface area contributed by atoms with Crippen LogP contribution >= 0.6 is 0 Å². The molecule has 1 aliphatic rings. The first-order chi connectivity index (χ1) is 10.2. The summed E-state index contributed by atoms with van der Waals surface area (Å²) in [6.45, 7) is 0.879. The Balaban J connectivity index is 1.98. The van der Waals surface area contributed by atoms with E-state index in [-0.39, 0.29) is 11.9 Å². The summed E-state index contributed by atoms with van der Waals surface area (Å²) in [7, 11) is 3.08. The molecular formula is C16H18N2O3. The van der Waals surface area contributed by atoms with Crippen molar-refractivity contribution < 1.29 is 14.3 Å². The molecule has 1 aromatic heterocycles. The topological polar surface area (TPSA) is 53.4 Å². The fourth-order valence-corrected chi connectivity index (χ4v) is 2.85. The lowest BCUT2D eigenvalue weighted by atomic mass is 9.96. The summed E-state index contributed by atoms with van der Waals surface area (Å²) in [6, 6.07) is 7.79. The van der Waals surface area contributed by atoms with Crippen LogP contribution in [0.1, 0.15) is 24.5 Å². The zero-order valence-electron chi connectivity index (χ0n) is 12.2. The minimum absolute atomic E-state index is 0.183. The van der Waals surface area contributed by atoms with Gasteiger partial charge >= 0.3 is 5.97 Å². The molecule has 1 aliphatic heterocycles. The van der Waals surface area contributed by atoms with Gasteiger partial charge in [-0.25, -0.2) is 4.98 Å². The fourth-order valence-electron chi connectivity index (χ4n) is 2.85. The van der Waals surface area contributed by atoms with Crippen LogP contribution in [0.5, 0.6) is 5.75 Å². The average molecular weight is 286 g/mol. The van der Waals surface area contributed by atoms with Crippen LogP contribution in [0, 0.1) is 0 Å². The summed E-state index contributed by atoms with van der Waals surface area (Å²) in [4.78, 5) is 16.4. The molecule has 5 heteroatoms. The Morgan fingerprint density at radius 2 is 2.05 bits per heavy atom. The highest BCUT2D eigenvalue weighted by Crippen LogP contribution is 2.32. The number of imidazole rings is 1. The van der Waals surface area contributed by atoms with Gasteiger partial charge in [0.15, 0.2) is 0 Å². The van der Waals surface area contributed by atoms with Crippen molar-refractivity contribution in [3.63, 3.8) is 0 Å². The molecule has 0 saturated carbocycles. The van der Waals surface area contributed by atoms with Crippen LogP contribution < -0.4 is 4.74 Å². The molecular weight excluding hydrogens is 268 g/mol. The van der Waals surface area contributed by atoms with Crippen molar-refractivity contribution in [2.24, 2.45) is 0 Å². The van der Waals surface area contributed by atoms with E-state index >= 15 is 0 Å². The Kier molecular flexibility index (Phi) is 3.64. The van der Waals surface area contributed by atoms with Crippen molar-refractivity contribution in [2.45, 2.75) is 25.3 Å². The van der Waals surface area contributed by atoms with Crippen molar-refractivity contribution in [1.82, 2.24) is 9.55 Å². The molecule has 21 heavy (non-hydrogen) atoms. The van der Waals surface area contributed by atoms with E-state index in [9.17, 15) is 4.79 Å². The third kappa shape index (κ3) is 2.39. The van der Waals surface area contributed by atoms with Gasteiger partial charge < -0.3 is 14.0 Å². The summed E-state index contributed by atoms with van der Waals surface area (Å²) >= 11 is 0. The quantitative estimate of drug-likeness (QED) is 0.814. The van der Waals surface area contributed by atoms with E-state index in [1.165, 1.54) is 7.11 Å². The number of nitrogens with zero attached hydrogens (tertiary/aromatic N) is 2. The van der Waals surface area contributed by atoms with Crippen molar-refractivity contribution >= 4 is 5.97 Å². The largest absolute Gasteiger partial charge is 0.497 e. The minimum atomic E-state index is -0.205. The molecule has 2 heterocycles. The van der Waals surface area contributed by atoms with Crippen LogP contribution in [0.4, 0.5) is 0 Å². The zero-order valence-corrected chi connectivity index (χ0v) is 12.2. The Bertz CT molecular complexity index is 646. The number of benzene rings is 1. The number of ether oxygens (including phenoxy) is 2. The predicted molar refractivity (Wildman–Crippen MR) is 78.2 cm³/mol. The second-order valence-corrected chi connectivity index (χ2v) is 5.10. The molecule has 0 radical (unpaired) electrons. The number of hydrogen-bond donors (Lipinski definition) is 0. The summed E-state index contributed by atoms with van der Waals surface area (Å²) < 4.78 is 12.2. The van der Waals surface area contributed by atoms with Crippen molar-refractivity contribution in [3.05, 3.63) is 36.2 Å². The number of fused-ring (bicyclic) bond motifs is 1. The molecule has 1 aromatic carbocycles. The maximum atomic E-state index is 11.9. The number of carbonyl (C=O) groups excluding carboxylic acids is 1. The Hall–Kier alpha value is -2.30. The summed E-state index contributed by atoms with van der Waals surface area (Å²) in [5.41, 5.74) is 1.96. The number of methoxy groups -OCH3 is 2. The lowest BCUT2D eigenvalue weighted by molar-refractivity contribution is -0.143. The molecule has 5 nitrogen and oxygen atoms in total. The van der Waals surface area contributed by atoms with Crippen LogP contribution in [0.2, 0.25) is 0 Å². The highest BCUT2D eigenvalue weighted by molar-refractivity contribution is 5.78. The fraction of sp³-hybridized carbons (Fsp3) is 0.375. The van der Waals surface area contributed by atoms with E-state index in [1.54, 1.807) is 13.3 Å². The first-order valence-electron chi connectivity index (χ1n) is 7.02. The molecule has 0 fully saturated rings. The smallest absolute Gasteiger partial charge is 0.314 e. The molecule has 0 saturated heterocycles. The maximum absolute atomic E-state index is 11.9. The van der Waals surface area contributed by atoms with E-state index in [1.807, 2.05) is 24.3 Å². The number of carbonyl (C=O) groups is 1. The second-order valence-electron chi connectivity index (χ2n) is 5.10. The van der Waals surface area contributed by atoms with Crippen LogP contribution in [-0.2, 0) is 16.1 Å². The third-order valence-corrected chi connectivity index (χ3v) is 3.95. The van der Waals surface area contributed by atoms with Gasteiger partial charge in [-0.05, 0) is 37.1 Å². The summed E-state index contributed by atoms with van der Waals surface area (Å²) in [5, 5.41) is 0. The molecule has 0 bridgehead atoms. The summed E-state index contributed by atoms with van der Waals surface area (Å²) in [6.07, 6.45) is 3.56. The Labute approximate surface area is 123 Å². The number of rotatable bonds is 3. The highest BCUT2D eigenvalue weighted by Gasteiger charge is 2.29. The number of aromatic nitrogens is 2. The zero-order chi connectivity index (χ0) is 14.8. The first kappa shape index (κ1) is 13.7. The molecule has 0 amide bonds. The third-order valence-electron chi connectivity index (χ3n) is 3.95. The van der Waals surface area contributed by atoms with Gasteiger partial charge in [0.25, 0.3) is 0 Å².